The summed E-state index contributed by atoms with van der Waals surface area (Å²) in [6.45, 7) is 0.698. The Bertz CT molecular complexity index is 695. The summed E-state index contributed by atoms with van der Waals surface area (Å²) in [5, 5.41) is 3.35. The van der Waals surface area contributed by atoms with Crippen molar-refractivity contribution in [1.29, 1.82) is 0 Å². The molecule has 0 bridgehead atoms. The minimum atomic E-state index is -3.65. The number of hydrogen-bond acceptors (Lipinski definition) is 5. The molecule has 0 heterocycles. The van der Waals surface area contributed by atoms with Gasteiger partial charge in [0.15, 0.2) is 0 Å². The molecule has 0 saturated heterocycles. The van der Waals surface area contributed by atoms with Gasteiger partial charge in [-0.3, -0.25) is 4.72 Å². The highest BCUT2D eigenvalue weighted by Crippen LogP contribution is 2.20. The smallest absolute Gasteiger partial charge is 0.233 e. The van der Waals surface area contributed by atoms with Crippen LogP contribution >= 0.6 is 0 Å². The van der Waals surface area contributed by atoms with Crippen molar-refractivity contribution in [2.24, 2.45) is 0 Å². The zero-order valence-corrected chi connectivity index (χ0v) is 13.5. The molecular formula is C13H20N2O4S2. The standard InChI is InChI=1S/C13H20N2O4S2/c1-20(16,17)7-8-21(18,19)15-13-4-2-3-11(9-13)10-14-12-5-6-12/h2-4,9,12,14-15H,5-8,10H2,1H3. The molecule has 0 aromatic heterocycles. The van der Waals surface area contributed by atoms with Crippen LogP contribution in [0.4, 0.5) is 5.69 Å². The summed E-state index contributed by atoms with van der Waals surface area (Å²) >= 11 is 0. The summed E-state index contributed by atoms with van der Waals surface area (Å²) in [5.41, 5.74) is 1.45. The van der Waals surface area contributed by atoms with Gasteiger partial charge in [0.1, 0.15) is 9.84 Å². The quantitative estimate of drug-likeness (QED) is 0.732. The van der Waals surface area contributed by atoms with E-state index < -0.39 is 25.6 Å². The first-order valence-corrected chi connectivity index (χ1v) is 10.5. The predicted molar refractivity (Wildman–Crippen MR) is 83.4 cm³/mol. The van der Waals surface area contributed by atoms with E-state index >= 15 is 0 Å². The van der Waals surface area contributed by atoms with Crippen LogP contribution in [0.15, 0.2) is 24.3 Å². The second-order valence-corrected chi connectivity index (χ2v) is 9.51. The third-order valence-corrected chi connectivity index (χ3v) is 5.59. The van der Waals surface area contributed by atoms with Crippen LogP contribution in [0, 0.1) is 0 Å². The van der Waals surface area contributed by atoms with E-state index in [2.05, 4.69) is 10.0 Å². The lowest BCUT2D eigenvalue weighted by atomic mass is 10.2. The first-order valence-electron chi connectivity index (χ1n) is 6.74. The topological polar surface area (TPSA) is 92.3 Å². The molecule has 1 aliphatic carbocycles. The molecule has 1 aromatic rings. The summed E-state index contributed by atoms with van der Waals surface area (Å²) in [5.74, 6) is -0.818. The second kappa shape index (κ2) is 6.33. The number of benzene rings is 1. The number of nitrogens with one attached hydrogen (secondary N) is 2. The van der Waals surface area contributed by atoms with Crippen LogP contribution in [0.25, 0.3) is 0 Å². The molecule has 21 heavy (non-hydrogen) atoms. The monoisotopic (exact) mass is 332 g/mol. The summed E-state index contributed by atoms with van der Waals surface area (Å²) in [6, 6.07) is 7.69. The van der Waals surface area contributed by atoms with Gasteiger partial charge in [-0.15, -0.1) is 0 Å². The largest absolute Gasteiger partial charge is 0.310 e. The second-order valence-electron chi connectivity index (χ2n) is 5.41. The fourth-order valence-corrected chi connectivity index (χ4v) is 4.46. The van der Waals surface area contributed by atoms with Crippen LogP contribution in [-0.2, 0) is 26.4 Å². The Morgan fingerprint density at radius 3 is 2.48 bits per heavy atom. The first-order chi connectivity index (χ1) is 9.73. The summed E-state index contributed by atoms with van der Waals surface area (Å²) in [4.78, 5) is 0. The van der Waals surface area contributed by atoms with Crippen LogP contribution in [-0.4, -0.2) is 40.6 Å². The molecule has 2 rings (SSSR count). The van der Waals surface area contributed by atoms with Crippen molar-refractivity contribution in [3.05, 3.63) is 29.8 Å². The Kier molecular flexibility index (Phi) is 4.90. The molecule has 8 heteroatoms. The van der Waals surface area contributed by atoms with Crippen molar-refractivity contribution in [2.45, 2.75) is 25.4 Å². The Hall–Kier alpha value is -1.12. The maximum absolute atomic E-state index is 11.8. The van der Waals surface area contributed by atoms with Crippen molar-refractivity contribution in [1.82, 2.24) is 5.32 Å². The highest BCUT2D eigenvalue weighted by molar-refractivity contribution is 7.95. The van der Waals surface area contributed by atoms with Crippen LogP contribution in [0.5, 0.6) is 0 Å². The van der Waals surface area contributed by atoms with E-state index in [1.807, 2.05) is 6.07 Å². The van der Waals surface area contributed by atoms with Gasteiger partial charge < -0.3 is 5.32 Å². The fraction of sp³-hybridized carbons (Fsp3) is 0.538. The summed E-state index contributed by atoms with van der Waals surface area (Å²) in [6.07, 6.45) is 3.41. The number of hydrogen-bond donors (Lipinski definition) is 2. The van der Waals surface area contributed by atoms with Crippen molar-refractivity contribution >= 4 is 25.5 Å². The van der Waals surface area contributed by atoms with Crippen LogP contribution in [0.1, 0.15) is 18.4 Å². The van der Waals surface area contributed by atoms with Gasteiger partial charge in [0.2, 0.25) is 10.0 Å². The number of anilines is 1. The Morgan fingerprint density at radius 2 is 1.86 bits per heavy atom. The van der Waals surface area contributed by atoms with Crippen molar-refractivity contribution in [3.63, 3.8) is 0 Å². The molecule has 0 unspecified atom stereocenters. The molecule has 0 aliphatic heterocycles. The van der Waals surface area contributed by atoms with Crippen molar-refractivity contribution in [3.8, 4) is 0 Å². The van der Waals surface area contributed by atoms with E-state index in [-0.39, 0.29) is 5.75 Å². The minimum Gasteiger partial charge on any atom is -0.310 e. The molecule has 1 aromatic carbocycles. The van der Waals surface area contributed by atoms with E-state index in [4.69, 9.17) is 0 Å². The normalized spacial score (nSPS) is 15.9. The van der Waals surface area contributed by atoms with Crippen molar-refractivity contribution in [2.75, 3.05) is 22.5 Å². The number of rotatable bonds is 8. The Balaban J connectivity index is 1.95. The highest BCUT2D eigenvalue weighted by Gasteiger charge is 2.20. The molecule has 0 amide bonds. The molecule has 2 N–H and O–H groups in total. The van der Waals surface area contributed by atoms with Gasteiger partial charge in [0, 0.05) is 24.5 Å². The molecule has 1 fully saturated rings. The third kappa shape index (κ3) is 6.45. The molecular weight excluding hydrogens is 312 g/mol. The Morgan fingerprint density at radius 1 is 1.14 bits per heavy atom. The molecule has 0 atom stereocenters. The van der Waals surface area contributed by atoms with E-state index in [1.165, 1.54) is 12.8 Å². The highest BCUT2D eigenvalue weighted by atomic mass is 32.2. The predicted octanol–water partition coefficient (Wildman–Crippen LogP) is 0.725. The Labute approximate surface area is 125 Å². The molecule has 1 saturated carbocycles. The molecule has 6 nitrogen and oxygen atoms in total. The lowest BCUT2D eigenvalue weighted by Crippen LogP contribution is -2.22. The molecule has 1 aliphatic rings. The van der Waals surface area contributed by atoms with Gasteiger partial charge in [0.25, 0.3) is 0 Å². The fourth-order valence-electron chi connectivity index (χ4n) is 1.79. The van der Waals surface area contributed by atoms with E-state index in [1.54, 1.807) is 18.2 Å². The zero-order chi connectivity index (χ0) is 15.5. The van der Waals surface area contributed by atoms with Crippen LogP contribution in [0.3, 0.4) is 0 Å². The SMILES string of the molecule is CS(=O)(=O)CCS(=O)(=O)Nc1cccc(CNC2CC2)c1. The third-order valence-electron chi connectivity index (χ3n) is 3.10. The van der Waals surface area contributed by atoms with E-state index in [0.29, 0.717) is 18.3 Å². The maximum Gasteiger partial charge on any atom is 0.233 e. The van der Waals surface area contributed by atoms with E-state index in [9.17, 15) is 16.8 Å². The molecule has 118 valence electrons. The van der Waals surface area contributed by atoms with Crippen LogP contribution in [0.2, 0.25) is 0 Å². The van der Waals surface area contributed by atoms with Gasteiger partial charge >= 0.3 is 0 Å². The average Bonchev–Trinajstić information content (AvgIpc) is 3.17. The lowest BCUT2D eigenvalue weighted by Gasteiger charge is -2.09. The van der Waals surface area contributed by atoms with E-state index in [0.717, 1.165) is 11.8 Å². The van der Waals surface area contributed by atoms with Gasteiger partial charge in [-0.05, 0) is 30.5 Å². The maximum atomic E-state index is 11.8. The molecule has 0 spiro atoms. The number of sulfonamides is 1. The minimum absolute atomic E-state index is 0.384. The molecule has 0 radical (unpaired) electrons. The average molecular weight is 332 g/mol. The van der Waals surface area contributed by atoms with Gasteiger partial charge in [0.05, 0.1) is 11.5 Å². The number of sulfone groups is 1. The zero-order valence-electron chi connectivity index (χ0n) is 11.9. The lowest BCUT2D eigenvalue weighted by molar-refractivity contribution is 0.593. The van der Waals surface area contributed by atoms with Crippen LogP contribution < -0.4 is 10.0 Å². The van der Waals surface area contributed by atoms with Gasteiger partial charge in [-0.1, -0.05) is 12.1 Å². The summed E-state index contributed by atoms with van der Waals surface area (Å²) in [7, 11) is -6.95. The summed E-state index contributed by atoms with van der Waals surface area (Å²) < 4.78 is 48.2. The van der Waals surface area contributed by atoms with Gasteiger partial charge in [-0.25, -0.2) is 16.8 Å². The van der Waals surface area contributed by atoms with Gasteiger partial charge in [-0.2, -0.15) is 0 Å². The van der Waals surface area contributed by atoms with Crippen molar-refractivity contribution < 1.29 is 16.8 Å². The first kappa shape index (κ1) is 16.3.